The van der Waals surface area contributed by atoms with Gasteiger partial charge in [-0.3, -0.25) is 0 Å². The van der Waals surface area contributed by atoms with E-state index in [1.807, 2.05) is 72.8 Å². The lowest BCUT2D eigenvalue weighted by atomic mass is 10.1. The van der Waals surface area contributed by atoms with Crippen LogP contribution in [0.25, 0.3) is 0 Å². The van der Waals surface area contributed by atoms with E-state index in [2.05, 4.69) is 58.6 Å². The zero-order chi connectivity index (χ0) is 36.3. The molecular weight excluding hydrogens is 641 g/mol. The maximum atomic E-state index is 5.95. The molecule has 0 unspecified atom stereocenters. The third-order valence-corrected chi connectivity index (χ3v) is 9.32. The van der Waals surface area contributed by atoms with Gasteiger partial charge in [-0.1, -0.05) is 115 Å². The third kappa shape index (κ3) is 17.3. The summed E-state index contributed by atoms with van der Waals surface area (Å²) in [5.41, 5.74) is 6.18. The van der Waals surface area contributed by atoms with Crippen molar-refractivity contribution < 1.29 is 9.47 Å². The Morgan fingerprint density at radius 2 is 0.615 bits per heavy atom. The van der Waals surface area contributed by atoms with Gasteiger partial charge in [-0.25, -0.2) is 0 Å². The molecule has 0 atom stereocenters. The summed E-state index contributed by atoms with van der Waals surface area (Å²) in [5.74, 6) is 1.79. The van der Waals surface area contributed by atoms with E-state index in [-0.39, 0.29) is 0 Å². The lowest BCUT2D eigenvalue weighted by Gasteiger charge is -2.07. The van der Waals surface area contributed by atoms with Gasteiger partial charge in [0.25, 0.3) is 0 Å². The van der Waals surface area contributed by atoms with Gasteiger partial charge in [0.15, 0.2) is 0 Å². The van der Waals surface area contributed by atoms with Crippen molar-refractivity contribution in [1.29, 1.82) is 0 Å². The molecule has 0 aliphatic heterocycles. The van der Waals surface area contributed by atoms with Gasteiger partial charge < -0.3 is 9.47 Å². The van der Waals surface area contributed by atoms with Crippen LogP contribution in [0.15, 0.2) is 118 Å². The van der Waals surface area contributed by atoms with Crippen LogP contribution in [0.3, 0.4) is 0 Å². The molecule has 0 aliphatic rings. The zero-order valence-corrected chi connectivity index (χ0v) is 32.0. The molecule has 0 bridgehead atoms. The van der Waals surface area contributed by atoms with E-state index >= 15 is 0 Å². The molecule has 4 aromatic carbocycles. The number of hydrogen-bond donors (Lipinski definition) is 0. The van der Waals surface area contributed by atoms with Gasteiger partial charge in [-0.15, -0.1) is 0 Å². The number of unbranched alkanes of at least 4 members (excludes halogenated alkanes) is 13. The molecule has 6 nitrogen and oxygen atoms in total. The first kappa shape index (κ1) is 40.5. The van der Waals surface area contributed by atoms with Crippen molar-refractivity contribution in [3.63, 3.8) is 0 Å². The molecule has 0 fully saturated rings. The van der Waals surface area contributed by atoms with E-state index < -0.39 is 0 Å². The summed E-state index contributed by atoms with van der Waals surface area (Å²) in [7, 11) is 0. The van der Waals surface area contributed by atoms with E-state index in [0.29, 0.717) is 0 Å². The van der Waals surface area contributed by atoms with Gasteiger partial charge in [0.05, 0.1) is 36.0 Å². The highest BCUT2D eigenvalue weighted by Gasteiger charge is 2.00. The molecule has 0 amide bonds. The summed E-state index contributed by atoms with van der Waals surface area (Å²) in [6, 6.07) is 32.6. The predicted octanol–water partition coefficient (Wildman–Crippen LogP) is 15.3. The maximum absolute atomic E-state index is 5.95. The van der Waals surface area contributed by atoms with E-state index in [4.69, 9.17) is 9.47 Å². The van der Waals surface area contributed by atoms with E-state index in [9.17, 15) is 0 Å². The summed E-state index contributed by atoms with van der Waals surface area (Å²) in [5, 5.41) is 17.5. The van der Waals surface area contributed by atoms with Crippen molar-refractivity contribution in [1.82, 2.24) is 0 Å². The lowest BCUT2D eigenvalue weighted by Crippen LogP contribution is -1.97. The van der Waals surface area contributed by atoms with E-state index in [0.717, 1.165) is 73.1 Å². The molecule has 52 heavy (non-hydrogen) atoms. The van der Waals surface area contributed by atoms with Gasteiger partial charge in [-0.05, 0) is 122 Å². The predicted molar refractivity (Wildman–Crippen MR) is 218 cm³/mol. The Labute approximate surface area is 314 Å². The quantitative estimate of drug-likeness (QED) is 0.0458. The first-order chi connectivity index (χ1) is 25.7. The molecule has 0 radical (unpaired) electrons. The van der Waals surface area contributed by atoms with Crippen LogP contribution in [0.4, 0.5) is 22.7 Å². The Kier molecular flexibility index (Phi) is 19.9. The normalized spacial score (nSPS) is 11.5. The Balaban J connectivity index is 0.940. The van der Waals surface area contributed by atoms with Crippen LogP contribution in [0.1, 0.15) is 128 Å². The average molecular weight is 703 g/mol. The van der Waals surface area contributed by atoms with Crippen LogP contribution < -0.4 is 9.47 Å². The Morgan fingerprint density at radius 3 is 0.923 bits per heavy atom. The number of nitrogens with zero attached hydrogens (tertiary/aromatic N) is 4. The number of ether oxygens (including phenoxy) is 2. The molecule has 278 valence electrons. The van der Waals surface area contributed by atoms with Gasteiger partial charge >= 0.3 is 0 Å². The zero-order valence-electron chi connectivity index (χ0n) is 32.0. The molecule has 0 aromatic heterocycles. The summed E-state index contributed by atoms with van der Waals surface area (Å²) >= 11 is 0. The first-order valence-electron chi connectivity index (χ1n) is 20.2. The molecule has 0 aliphatic carbocycles. The molecular formula is C46H62N4O2. The molecule has 0 spiro atoms. The van der Waals surface area contributed by atoms with Crippen molar-refractivity contribution in [3.05, 3.63) is 108 Å². The summed E-state index contributed by atoms with van der Waals surface area (Å²) in [4.78, 5) is 0. The van der Waals surface area contributed by atoms with Crippen molar-refractivity contribution in [2.45, 2.75) is 129 Å². The highest BCUT2D eigenvalue weighted by Crippen LogP contribution is 2.24. The van der Waals surface area contributed by atoms with Gasteiger partial charge in [0, 0.05) is 0 Å². The van der Waals surface area contributed by atoms with Crippen molar-refractivity contribution in [2.24, 2.45) is 20.5 Å². The topological polar surface area (TPSA) is 67.9 Å². The molecule has 4 aromatic rings. The Bertz CT molecular complexity index is 1410. The Hall–Kier alpha value is -4.32. The summed E-state index contributed by atoms with van der Waals surface area (Å²) in [6.07, 6.45) is 22.3. The minimum atomic E-state index is 0.761. The number of benzene rings is 4. The van der Waals surface area contributed by atoms with Crippen LogP contribution in [0.2, 0.25) is 0 Å². The number of hydrogen-bond acceptors (Lipinski definition) is 6. The van der Waals surface area contributed by atoms with Crippen LogP contribution in [0.5, 0.6) is 11.5 Å². The van der Waals surface area contributed by atoms with Gasteiger partial charge in [0.1, 0.15) is 11.5 Å². The fraction of sp³-hybridized carbons (Fsp3) is 0.478. The van der Waals surface area contributed by atoms with E-state index in [1.54, 1.807) is 0 Å². The van der Waals surface area contributed by atoms with Crippen LogP contribution in [-0.2, 0) is 12.8 Å². The minimum Gasteiger partial charge on any atom is -0.494 e. The van der Waals surface area contributed by atoms with Crippen LogP contribution in [0, 0.1) is 0 Å². The number of aryl methyl sites for hydroxylation is 2. The largest absolute Gasteiger partial charge is 0.494 e. The SMILES string of the molecule is CCCCCc1ccc(N=Nc2ccc(OCCCCCCCCCCCCOc3ccc(N=Nc4ccc(CCCCC)cc4)cc3)cc2)cc1. The molecule has 6 heteroatoms. The Morgan fingerprint density at radius 1 is 0.327 bits per heavy atom. The monoisotopic (exact) mass is 702 g/mol. The fourth-order valence-corrected chi connectivity index (χ4v) is 6.06. The van der Waals surface area contributed by atoms with Gasteiger partial charge in [-0.2, -0.15) is 20.5 Å². The molecule has 0 saturated carbocycles. The molecule has 0 heterocycles. The first-order valence-corrected chi connectivity index (χ1v) is 20.2. The van der Waals surface area contributed by atoms with Crippen molar-refractivity contribution in [2.75, 3.05) is 13.2 Å². The lowest BCUT2D eigenvalue weighted by molar-refractivity contribution is 0.303. The molecule has 4 rings (SSSR count). The number of azo groups is 2. The number of rotatable bonds is 27. The van der Waals surface area contributed by atoms with Crippen molar-refractivity contribution >= 4 is 22.7 Å². The summed E-state index contributed by atoms with van der Waals surface area (Å²) in [6.45, 7) is 5.99. The maximum Gasteiger partial charge on any atom is 0.119 e. The van der Waals surface area contributed by atoms with Crippen LogP contribution in [-0.4, -0.2) is 13.2 Å². The second kappa shape index (κ2) is 25.6. The molecule has 0 saturated heterocycles. The molecule has 0 N–H and O–H groups in total. The third-order valence-electron chi connectivity index (χ3n) is 9.32. The average Bonchev–Trinajstić information content (AvgIpc) is 3.18. The highest BCUT2D eigenvalue weighted by molar-refractivity contribution is 5.44. The minimum absolute atomic E-state index is 0.761. The van der Waals surface area contributed by atoms with Gasteiger partial charge in [0.2, 0.25) is 0 Å². The highest BCUT2D eigenvalue weighted by atomic mass is 16.5. The van der Waals surface area contributed by atoms with Crippen molar-refractivity contribution in [3.8, 4) is 11.5 Å². The second-order valence-electron chi connectivity index (χ2n) is 13.9. The second-order valence-corrected chi connectivity index (χ2v) is 13.9. The van der Waals surface area contributed by atoms with E-state index in [1.165, 1.54) is 101 Å². The fourth-order valence-electron chi connectivity index (χ4n) is 6.06. The van der Waals surface area contributed by atoms with Crippen LogP contribution >= 0.6 is 0 Å². The smallest absolute Gasteiger partial charge is 0.119 e. The standard InChI is InChI=1S/C46H62N4O2/c1-3-5-15-19-39-21-25-41(26-22-39)47-49-43-29-33-45(34-30-43)51-37-17-13-11-9-7-8-10-12-14-18-38-52-46-35-31-44(32-36-46)50-48-42-27-23-40(24-28-42)20-16-6-4-2/h21-36H,3-20,37-38H2,1-2H3. The summed E-state index contributed by atoms with van der Waals surface area (Å²) < 4.78 is 11.9.